The number of aliphatic imine (C=N–C) groups is 1. The predicted octanol–water partition coefficient (Wildman–Crippen LogP) is 3.60. The third-order valence-electron chi connectivity index (χ3n) is 2.96. The Labute approximate surface area is 116 Å². The summed E-state index contributed by atoms with van der Waals surface area (Å²) in [4.78, 5) is 15.1. The molecule has 20 heavy (non-hydrogen) atoms. The molecule has 0 unspecified atom stereocenters. The number of benzene rings is 1. The molecule has 2 heterocycles. The van der Waals surface area contributed by atoms with E-state index in [0.717, 1.165) is 16.8 Å². The summed E-state index contributed by atoms with van der Waals surface area (Å²) in [5.41, 5.74) is 3.06. The Morgan fingerprint density at radius 1 is 1.30 bits per heavy atom. The van der Waals surface area contributed by atoms with Crippen molar-refractivity contribution in [2.24, 2.45) is 4.99 Å². The second-order valence-corrected chi connectivity index (χ2v) is 4.46. The molecule has 0 saturated heterocycles. The van der Waals surface area contributed by atoms with Crippen LogP contribution in [0.4, 0.5) is 5.69 Å². The number of nitrogens with zero attached hydrogens (tertiary/aromatic N) is 1. The maximum Gasteiger partial charge on any atom is 0.303 e. The predicted molar refractivity (Wildman–Crippen MR) is 76.6 cm³/mol. The molecule has 1 aromatic carbocycles. The minimum atomic E-state index is -0.321. The number of carbonyl (C=O) groups is 1. The van der Waals surface area contributed by atoms with Crippen LogP contribution in [-0.4, -0.2) is 12.2 Å². The van der Waals surface area contributed by atoms with Gasteiger partial charge in [0.05, 0.1) is 5.69 Å². The fourth-order valence-corrected chi connectivity index (χ4v) is 2.03. The molecule has 0 amide bonds. The van der Waals surface area contributed by atoms with E-state index in [4.69, 9.17) is 9.15 Å². The minimum absolute atomic E-state index is 0.156. The van der Waals surface area contributed by atoms with Gasteiger partial charge in [0.1, 0.15) is 18.1 Å². The number of esters is 1. The van der Waals surface area contributed by atoms with Crippen molar-refractivity contribution < 1.29 is 13.9 Å². The molecular weight excluding hydrogens is 254 g/mol. The molecule has 1 aliphatic rings. The van der Waals surface area contributed by atoms with Gasteiger partial charge in [0, 0.05) is 24.3 Å². The van der Waals surface area contributed by atoms with Crippen LogP contribution >= 0.6 is 0 Å². The number of hydrogen-bond acceptors (Lipinski definition) is 4. The van der Waals surface area contributed by atoms with Crippen LogP contribution in [0.15, 0.2) is 45.8 Å². The number of ether oxygens (including phenoxy) is 1. The largest absolute Gasteiger partial charge is 0.458 e. The molecule has 4 heteroatoms. The zero-order chi connectivity index (χ0) is 13.9. The topological polar surface area (TPSA) is 51.8 Å². The molecular formula is C16H13NO3. The number of fused-ring (bicyclic) bond motifs is 1. The minimum Gasteiger partial charge on any atom is -0.458 e. The van der Waals surface area contributed by atoms with Crippen molar-refractivity contribution in [2.75, 3.05) is 0 Å². The summed E-state index contributed by atoms with van der Waals surface area (Å²) in [6, 6.07) is 11.6. The van der Waals surface area contributed by atoms with Gasteiger partial charge < -0.3 is 9.15 Å². The van der Waals surface area contributed by atoms with Crippen molar-refractivity contribution >= 4 is 29.5 Å². The monoisotopic (exact) mass is 267 g/mol. The lowest BCUT2D eigenvalue weighted by Gasteiger charge is -1.98. The average Bonchev–Trinajstić information content (AvgIpc) is 3.05. The highest BCUT2D eigenvalue weighted by molar-refractivity contribution is 6.21. The molecule has 1 aromatic heterocycles. The highest BCUT2D eigenvalue weighted by atomic mass is 16.5. The summed E-state index contributed by atoms with van der Waals surface area (Å²) in [6.07, 6.45) is 3.74. The van der Waals surface area contributed by atoms with Crippen LogP contribution in [0.5, 0.6) is 0 Å². The van der Waals surface area contributed by atoms with Gasteiger partial charge in [-0.3, -0.25) is 9.79 Å². The maximum absolute atomic E-state index is 10.7. The molecule has 2 aromatic rings. The highest BCUT2D eigenvalue weighted by Gasteiger charge is 2.11. The van der Waals surface area contributed by atoms with Crippen LogP contribution in [0.25, 0.3) is 11.6 Å². The van der Waals surface area contributed by atoms with Gasteiger partial charge in [-0.1, -0.05) is 18.2 Å². The van der Waals surface area contributed by atoms with Crippen molar-refractivity contribution in [3.63, 3.8) is 0 Å². The number of furan rings is 1. The van der Waals surface area contributed by atoms with E-state index < -0.39 is 0 Å². The van der Waals surface area contributed by atoms with Crippen molar-refractivity contribution in [3.05, 3.63) is 53.5 Å². The molecule has 0 spiro atoms. The second-order valence-electron chi connectivity index (χ2n) is 4.46. The van der Waals surface area contributed by atoms with Gasteiger partial charge in [0.15, 0.2) is 0 Å². The van der Waals surface area contributed by atoms with Gasteiger partial charge in [-0.25, -0.2) is 0 Å². The molecule has 0 N–H and O–H groups in total. The van der Waals surface area contributed by atoms with E-state index in [0.29, 0.717) is 11.5 Å². The van der Waals surface area contributed by atoms with E-state index in [-0.39, 0.29) is 12.6 Å². The Balaban J connectivity index is 1.80. The Hall–Kier alpha value is -2.62. The van der Waals surface area contributed by atoms with Crippen LogP contribution in [0.2, 0.25) is 0 Å². The lowest BCUT2D eigenvalue weighted by molar-refractivity contribution is -0.142. The van der Waals surface area contributed by atoms with Gasteiger partial charge in [-0.2, -0.15) is 0 Å². The zero-order valence-corrected chi connectivity index (χ0v) is 11.0. The molecule has 0 aliphatic carbocycles. The highest BCUT2D eigenvalue weighted by Crippen LogP contribution is 2.32. The fourth-order valence-electron chi connectivity index (χ4n) is 2.03. The van der Waals surface area contributed by atoms with Gasteiger partial charge in [0.2, 0.25) is 0 Å². The summed E-state index contributed by atoms with van der Waals surface area (Å²) in [7, 11) is 0. The fraction of sp³-hybridized carbons (Fsp3) is 0.125. The third kappa shape index (κ3) is 2.54. The van der Waals surface area contributed by atoms with Crippen LogP contribution in [0.3, 0.4) is 0 Å². The zero-order valence-electron chi connectivity index (χ0n) is 11.0. The summed E-state index contributed by atoms with van der Waals surface area (Å²) in [5, 5.41) is 0. The van der Waals surface area contributed by atoms with Gasteiger partial charge in [-0.15, -0.1) is 0 Å². The van der Waals surface area contributed by atoms with Crippen LogP contribution < -0.4 is 0 Å². The van der Waals surface area contributed by atoms with E-state index in [1.807, 2.05) is 42.6 Å². The van der Waals surface area contributed by atoms with Gasteiger partial charge in [0.25, 0.3) is 0 Å². The molecule has 100 valence electrons. The molecule has 0 saturated carbocycles. The van der Waals surface area contributed by atoms with E-state index in [1.165, 1.54) is 6.92 Å². The summed E-state index contributed by atoms with van der Waals surface area (Å²) in [5.74, 6) is 1.01. The normalized spacial score (nSPS) is 14.6. The number of hydrogen-bond donors (Lipinski definition) is 0. The molecule has 0 atom stereocenters. The van der Waals surface area contributed by atoms with Crippen LogP contribution in [0, 0.1) is 0 Å². The Bertz CT molecular complexity index is 710. The lowest BCUT2D eigenvalue weighted by atomic mass is 10.1. The second kappa shape index (κ2) is 5.17. The first-order valence-electron chi connectivity index (χ1n) is 6.29. The van der Waals surface area contributed by atoms with Crippen molar-refractivity contribution in [1.29, 1.82) is 0 Å². The van der Waals surface area contributed by atoms with E-state index >= 15 is 0 Å². The Kier molecular flexibility index (Phi) is 3.21. The van der Waals surface area contributed by atoms with Crippen LogP contribution in [0.1, 0.15) is 24.0 Å². The number of rotatable bonds is 3. The molecule has 3 rings (SSSR count). The van der Waals surface area contributed by atoms with Crippen molar-refractivity contribution in [1.82, 2.24) is 0 Å². The lowest BCUT2D eigenvalue weighted by Crippen LogP contribution is -1.97. The number of para-hydroxylation sites is 1. The van der Waals surface area contributed by atoms with E-state index in [2.05, 4.69) is 4.99 Å². The van der Waals surface area contributed by atoms with Crippen LogP contribution in [-0.2, 0) is 16.1 Å². The number of allylic oxidation sites excluding steroid dienone is 1. The smallest absolute Gasteiger partial charge is 0.303 e. The summed E-state index contributed by atoms with van der Waals surface area (Å²) >= 11 is 0. The first-order chi connectivity index (χ1) is 9.72. The van der Waals surface area contributed by atoms with E-state index in [1.54, 1.807) is 6.07 Å². The van der Waals surface area contributed by atoms with Crippen molar-refractivity contribution in [2.45, 2.75) is 13.5 Å². The molecule has 0 radical (unpaired) electrons. The quantitative estimate of drug-likeness (QED) is 0.798. The van der Waals surface area contributed by atoms with Gasteiger partial charge in [-0.05, 0) is 24.3 Å². The SMILES string of the molecule is CC(=O)OCc1ccc(C=C2C=Nc3ccccc32)o1. The Morgan fingerprint density at radius 2 is 2.15 bits per heavy atom. The standard InChI is InChI=1S/C16H13NO3/c1-11(18)19-10-14-7-6-13(20-14)8-12-9-17-16-5-3-2-4-15(12)16/h2-9H,10H2,1H3. The Morgan fingerprint density at radius 3 is 3.00 bits per heavy atom. The van der Waals surface area contributed by atoms with Gasteiger partial charge >= 0.3 is 5.97 Å². The molecule has 1 aliphatic heterocycles. The number of carbonyl (C=O) groups excluding carboxylic acids is 1. The average molecular weight is 267 g/mol. The first-order valence-corrected chi connectivity index (χ1v) is 6.29. The van der Waals surface area contributed by atoms with Crippen molar-refractivity contribution in [3.8, 4) is 0 Å². The molecule has 0 bridgehead atoms. The molecule has 4 nitrogen and oxygen atoms in total. The molecule has 0 fully saturated rings. The van der Waals surface area contributed by atoms with E-state index in [9.17, 15) is 4.79 Å². The summed E-state index contributed by atoms with van der Waals surface area (Å²) < 4.78 is 10.5. The first kappa shape index (κ1) is 12.4. The summed E-state index contributed by atoms with van der Waals surface area (Å²) in [6.45, 7) is 1.53. The maximum atomic E-state index is 10.7. The third-order valence-corrected chi connectivity index (χ3v) is 2.96.